The van der Waals surface area contributed by atoms with Crippen LogP contribution in [-0.4, -0.2) is 29.6 Å². The average molecular weight is 606 g/mol. The molecule has 0 unspecified atom stereocenters. The van der Waals surface area contributed by atoms with E-state index in [4.69, 9.17) is 32.7 Å². The smallest absolute Gasteiger partial charge is 0.335 e. The van der Waals surface area contributed by atoms with Gasteiger partial charge in [-0.05, 0) is 83.0 Å². The van der Waals surface area contributed by atoms with Crippen LogP contribution in [0.4, 0.5) is 10.5 Å². The molecule has 1 saturated heterocycles. The van der Waals surface area contributed by atoms with Crippen molar-refractivity contribution in [3.8, 4) is 17.2 Å². The van der Waals surface area contributed by atoms with Gasteiger partial charge in [0.05, 0.1) is 16.8 Å². The molecule has 2 N–H and O–H groups in total. The molecule has 1 heterocycles. The molecule has 0 atom stereocenters. The third kappa shape index (κ3) is 5.90. The van der Waals surface area contributed by atoms with E-state index in [2.05, 4.69) is 21.2 Å². The highest BCUT2D eigenvalue weighted by atomic mass is 79.9. The number of carbonyl (C=O) groups is 3. The lowest BCUT2D eigenvalue weighted by molar-refractivity contribution is -0.122. The van der Waals surface area contributed by atoms with Crippen LogP contribution in [0.5, 0.6) is 17.2 Å². The zero-order valence-electron chi connectivity index (χ0n) is 19.3. The summed E-state index contributed by atoms with van der Waals surface area (Å²) in [7, 11) is 0. The van der Waals surface area contributed by atoms with E-state index in [-0.39, 0.29) is 23.6 Å². The molecule has 0 bridgehead atoms. The second-order valence-corrected chi connectivity index (χ2v) is 9.46. The predicted octanol–water partition coefficient (Wildman–Crippen LogP) is 6.11. The highest BCUT2D eigenvalue weighted by molar-refractivity contribution is 9.10. The van der Waals surface area contributed by atoms with Crippen LogP contribution in [0.2, 0.25) is 10.0 Å². The number of carbonyl (C=O) groups excluding carboxylic acids is 3. The maximum atomic E-state index is 13.1. The molecule has 4 amide bonds. The Labute approximate surface area is 230 Å². The topological polar surface area (TPSA) is 105 Å². The van der Waals surface area contributed by atoms with Crippen LogP contribution in [0.3, 0.4) is 0 Å². The fourth-order valence-corrected chi connectivity index (χ4v) is 4.56. The molecule has 3 aromatic rings. The largest absolute Gasteiger partial charge is 0.508 e. The highest BCUT2D eigenvalue weighted by Gasteiger charge is 2.36. The molecule has 3 aromatic carbocycles. The summed E-state index contributed by atoms with van der Waals surface area (Å²) in [5, 5.41) is 12.6. The number of ether oxygens (including phenoxy) is 2. The van der Waals surface area contributed by atoms with Gasteiger partial charge in [0.15, 0.2) is 11.5 Å². The number of imide groups is 2. The van der Waals surface area contributed by atoms with Gasteiger partial charge in [0.2, 0.25) is 0 Å². The number of nitrogens with one attached hydrogen (secondary N) is 1. The van der Waals surface area contributed by atoms with Crippen molar-refractivity contribution in [2.24, 2.45) is 0 Å². The molecule has 1 aliphatic heterocycles. The maximum Gasteiger partial charge on any atom is 0.335 e. The number of amides is 4. The van der Waals surface area contributed by atoms with Crippen molar-refractivity contribution in [3.05, 3.63) is 85.8 Å². The van der Waals surface area contributed by atoms with Crippen LogP contribution in [0.25, 0.3) is 6.08 Å². The second-order valence-electron chi connectivity index (χ2n) is 7.76. The van der Waals surface area contributed by atoms with E-state index < -0.39 is 17.8 Å². The Morgan fingerprint density at radius 2 is 1.76 bits per heavy atom. The van der Waals surface area contributed by atoms with Gasteiger partial charge in [-0.3, -0.25) is 14.9 Å². The third-order valence-electron chi connectivity index (χ3n) is 5.24. The first kappa shape index (κ1) is 26.5. The van der Waals surface area contributed by atoms with Gasteiger partial charge in [-0.2, -0.15) is 0 Å². The Kier molecular flexibility index (Phi) is 8.06. The number of urea groups is 1. The van der Waals surface area contributed by atoms with E-state index in [0.29, 0.717) is 38.2 Å². The van der Waals surface area contributed by atoms with Gasteiger partial charge in [-0.1, -0.05) is 29.3 Å². The Balaban J connectivity index is 1.66. The lowest BCUT2D eigenvalue weighted by Gasteiger charge is -2.26. The number of halogens is 3. The van der Waals surface area contributed by atoms with E-state index >= 15 is 0 Å². The van der Waals surface area contributed by atoms with Crippen LogP contribution in [0, 0.1) is 0 Å². The van der Waals surface area contributed by atoms with Crippen LogP contribution in [0.1, 0.15) is 18.1 Å². The van der Waals surface area contributed by atoms with E-state index in [1.54, 1.807) is 37.3 Å². The molecule has 0 aliphatic carbocycles. The summed E-state index contributed by atoms with van der Waals surface area (Å²) in [5.74, 6) is -0.920. The summed E-state index contributed by atoms with van der Waals surface area (Å²) < 4.78 is 12.2. The van der Waals surface area contributed by atoms with Crippen LogP contribution < -0.4 is 19.7 Å². The number of aromatic hydroxyl groups is 1. The SMILES string of the molecule is CCOc1cc(/C=C2\C(=O)NC(=O)N(c3ccc(O)cc3)C2=O)cc(Br)c1OCc1ccc(Cl)cc1Cl. The molecule has 4 rings (SSSR count). The number of nitrogens with zero attached hydrogens (tertiary/aromatic N) is 1. The summed E-state index contributed by atoms with van der Waals surface area (Å²) in [6.07, 6.45) is 1.35. The first-order valence-corrected chi connectivity index (χ1v) is 12.5. The van der Waals surface area contributed by atoms with Crippen molar-refractivity contribution in [3.63, 3.8) is 0 Å². The number of benzene rings is 3. The fraction of sp³-hybridized carbons (Fsp3) is 0.115. The minimum absolute atomic E-state index is 0.0330. The lowest BCUT2D eigenvalue weighted by Crippen LogP contribution is -2.54. The fourth-order valence-electron chi connectivity index (χ4n) is 3.52. The third-order valence-corrected chi connectivity index (χ3v) is 6.42. The minimum atomic E-state index is -0.890. The molecular weight excluding hydrogens is 587 g/mol. The molecule has 0 aromatic heterocycles. The van der Waals surface area contributed by atoms with Gasteiger partial charge < -0.3 is 14.6 Å². The van der Waals surface area contributed by atoms with Crippen molar-refractivity contribution in [2.45, 2.75) is 13.5 Å². The van der Waals surface area contributed by atoms with E-state index in [0.717, 1.165) is 10.5 Å². The van der Waals surface area contributed by atoms with E-state index in [1.807, 2.05) is 0 Å². The number of phenolic OH excluding ortho intramolecular Hbond substituents is 1. The summed E-state index contributed by atoms with van der Waals surface area (Å²) in [6, 6.07) is 12.9. The van der Waals surface area contributed by atoms with Gasteiger partial charge in [0.1, 0.15) is 17.9 Å². The first-order chi connectivity index (χ1) is 17.7. The summed E-state index contributed by atoms with van der Waals surface area (Å²) in [6.45, 7) is 2.27. The first-order valence-electron chi connectivity index (χ1n) is 10.9. The van der Waals surface area contributed by atoms with E-state index in [9.17, 15) is 19.5 Å². The average Bonchev–Trinajstić information content (AvgIpc) is 2.83. The van der Waals surface area contributed by atoms with Gasteiger partial charge in [-0.15, -0.1) is 0 Å². The second kappa shape index (κ2) is 11.2. The molecule has 190 valence electrons. The molecule has 1 aliphatic rings. The van der Waals surface area contributed by atoms with E-state index in [1.165, 1.54) is 30.3 Å². The standard InChI is InChI=1S/C26H19BrCl2N2O6/c1-2-36-22-11-14(10-20(27)23(22)37-13-15-3-4-16(28)12-21(15)29)9-19-24(33)30-26(35)31(25(19)34)17-5-7-18(32)8-6-17/h3-12,32H,2,13H2,1H3,(H,30,33,35)/b19-9+. The molecule has 0 saturated carbocycles. The molecule has 11 heteroatoms. The Morgan fingerprint density at radius 1 is 1.03 bits per heavy atom. The number of anilines is 1. The molecule has 0 radical (unpaired) electrons. The number of hydrogen-bond acceptors (Lipinski definition) is 6. The van der Waals surface area contributed by atoms with Crippen LogP contribution in [0.15, 0.2) is 64.6 Å². The molecule has 1 fully saturated rings. The van der Waals surface area contributed by atoms with Crippen molar-refractivity contribution in [2.75, 3.05) is 11.5 Å². The van der Waals surface area contributed by atoms with Crippen molar-refractivity contribution >= 4 is 68.7 Å². The summed E-state index contributed by atoms with van der Waals surface area (Å²) >= 11 is 15.7. The molecule has 8 nitrogen and oxygen atoms in total. The highest BCUT2D eigenvalue weighted by Crippen LogP contribution is 2.39. The van der Waals surface area contributed by atoms with Crippen LogP contribution >= 0.6 is 39.1 Å². The predicted molar refractivity (Wildman–Crippen MR) is 143 cm³/mol. The molecule has 37 heavy (non-hydrogen) atoms. The zero-order chi connectivity index (χ0) is 26.7. The quantitative estimate of drug-likeness (QED) is 0.249. The van der Waals surface area contributed by atoms with Crippen molar-refractivity contribution < 1.29 is 29.0 Å². The normalized spacial score (nSPS) is 14.6. The zero-order valence-corrected chi connectivity index (χ0v) is 22.4. The van der Waals surface area contributed by atoms with Gasteiger partial charge in [0, 0.05) is 15.6 Å². The maximum absolute atomic E-state index is 13.1. The van der Waals surface area contributed by atoms with Gasteiger partial charge in [0.25, 0.3) is 11.8 Å². The van der Waals surface area contributed by atoms with Crippen LogP contribution in [-0.2, 0) is 16.2 Å². The molecular formula is C26H19BrCl2N2O6. The molecule has 0 spiro atoms. The summed E-state index contributed by atoms with van der Waals surface area (Å²) in [4.78, 5) is 38.9. The number of hydrogen-bond donors (Lipinski definition) is 2. The van der Waals surface area contributed by atoms with Crippen molar-refractivity contribution in [1.82, 2.24) is 5.32 Å². The van der Waals surface area contributed by atoms with Gasteiger partial charge >= 0.3 is 6.03 Å². The monoisotopic (exact) mass is 604 g/mol. The Hall–Kier alpha value is -3.53. The van der Waals surface area contributed by atoms with Gasteiger partial charge in [-0.25, -0.2) is 9.69 Å². The lowest BCUT2D eigenvalue weighted by atomic mass is 10.1. The number of phenols is 1. The Morgan fingerprint density at radius 3 is 2.43 bits per heavy atom. The van der Waals surface area contributed by atoms with Crippen molar-refractivity contribution in [1.29, 1.82) is 0 Å². The number of barbiturate groups is 1. The minimum Gasteiger partial charge on any atom is -0.508 e. The summed E-state index contributed by atoms with van der Waals surface area (Å²) in [5.41, 5.74) is 1.10. The number of rotatable bonds is 7. The Bertz CT molecular complexity index is 1430.